The number of nitrogens with one attached hydrogen (secondary N) is 2. The Kier molecular flexibility index (Phi) is 8.21. The van der Waals surface area contributed by atoms with Gasteiger partial charge in [0.15, 0.2) is 5.82 Å². The predicted octanol–water partition coefficient (Wildman–Crippen LogP) is 2.97. The molecule has 8 nitrogen and oxygen atoms in total. The fourth-order valence-electron chi connectivity index (χ4n) is 3.12. The highest BCUT2D eigenvalue weighted by molar-refractivity contribution is 6.30. The van der Waals surface area contributed by atoms with Gasteiger partial charge in [-0.3, -0.25) is 19.1 Å². The van der Waals surface area contributed by atoms with Crippen LogP contribution in [0.15, 0.2) is 53.6 Å². The molecule has 2 N–H and O–H groups in total. The SMILES string of the molecule is CCOc1ccc(Cl)cc1CNC(=O)Cn1c(C)cnc(NCCc2ccccn2)c1=O. The fourth-order valence-corrected chi connectivity index (χ4v) is 3.31. The number of carbonyl (C=O) groups excluding carboxylic acids is 1. The van der Waals surface area contributed by atoms with Gasteiger partial charge in [-0.1, -0.05) is 17.7 Å². The summed E-state index contributed by atoms with van der Waals surface area (Å²) in [4.78, 5) is 33.8. The van der Waals surface area contributed by atoms with Gasteiger partial charge in [-0.2, -0.15) is 0 Å². The Morgan fingerprint density at radius 2 is 2.06 bits per heavy atom. The molecule has 0 bridgehead atoms. The van der Waals surface area contributed by atoms with Gasteiger partial charge >= 0.3 is 0 Å². The number of benzene rings is 1. The minimum atomic E-state index is -0.348. The monoisotopic (exact) mass is 455 g/mol. The number of aromatic nitrogens is 3. The maximum absolute atomic E-state index is 12.8. The third-order valence-electron chi connectivity index (χ3n) is 4.75. The van der Waals surface area contributed by atoms with Gasteiger partial charge < -0.3 is 15.4 Å². The van der Waals surface area contributed by atoms with Crippen molar-refractivity contribution in [2.45, 2.75) is 33.4 Å². The maximum atomic E-state index is 12.8. The fraction of sp³-hybridized carbons (Fsp3) is 0.304. The summed E-state index contributed by atoms with van der Waals surface area (Å²) in [6.45, 7) is 4.75. The lowest BCUT2D eigenvalue weighted by Crippen LogP contribution is -2.34. The van der Waals surface area contributed by atoms with E-state index >= 15 is 0 Å². The Bertz CT molecular complexity index is 1120. The smallest absolute Gasteiger partial charge is 0.293 e. The highest BCUT2D eigenvalue weighted by Crippen LogP contribution is 2.22. The van der Waals surface area contributed by atoms with E-state index in [-0.39, 0.29) is 30.4 Å². The van der Waals surface area contributed by atoms with Gasteiger partial charge in [-0.25, -0.2) is 4.98 Å². The van der Waals surface area contributed by atoms with E-state index in [1.54, 1.807) is 37.5 Å². The quantitative estimate of drug-likeness (QED) is 0.487. The van der Waals surface area contributed by atoms with Gasteiger partial charge in [-0.05, 0) is 44.2 Å². The van der Waals surface area contributed by atoms with Crippen LogP contribution in [0, 0.1) is 6.92 Å². The van der Waals surface area contributed by atoms with Gasteiger partial charge in [0.2, 0.25) is 5.91 Å². The van der Waals surface area contributed by atoms with Crippen molar-refractivity contribution in [3.8, 4) is 5.75 Å². The van der Waals surface area contributed by atoms with Gasteiger partial charge in [0.1, 0.15) is 12.3 Å². The number of carbonyl (C=O) groups is 1. The first-order valence-corrected chi connectivity index (χ1v) is 10.7. The van der Waals surface area contributed by atoms with Crippen LogP contribution in [0.5, 0.6) is 5.75 Å². The van der Waals surface area contributed by atoms with Crippen LogP contribution in [0.2, 0.25) is 5.02 Å². The van der Waals surface area contributed by atoms with Gasteiger partial charge in [0, 0.05) is 53.9 Å². The molecular formula is C23H26ClN5O3. The lowest BCUT2D eigenvalue weighted by Gasteiger charge is -2.14. The summed E-state index contributed by atoms with van der Waals surface area (Å²) in [7, 11) is 0. The molecule has 9 heteroatoms. The molecule has 3 aromatic rings. The third-order valence-corrected chi connectivity index (χ3v) is 4.99. The minimum absolute atomic E-state index is 0.118. The van der Waals surface area contributed by atoms with E-state index in [0.717, 1.165) is 11.3 Å². The number of nitrogens with zero attached hydrogens (tertiary/aromatic N) is 3. The maximum Gasteiger partial charge on any atom is 0.293 e. The Hall–Kier alpha value is -3.39. The normalized spacial score (nSPS) is 10.6. The zero-order chi connectivity index (χ0) is 22.9. The van der Waals surface area contributed by atoms with Crippen LogP contribution in [0.1, 0.15) is 23.9 Å². The Balaban J connectivity index is 1.63. The van der Waals surface area contributed by atoms with Gasteiger partial charge in [0.25, 0.3) is 5.56 Å². The molecule has 0 spiro atoms. The summed E-state index contributed by atoms with van der Waals surface area (Å²) in [5, 5.41) is 6.42. The van der Waals surface area contributed by atoms with E-state index in [1.807, 2.05) is 25.1 Å². The topological polar surface area (TPSA) is 98.1 Å². The van der Waals surface area contributed by atoms with Crippen molar-refractivity contribution < 1.29 is 9.53 Å². The second-order valence-corrected chi connectivity index (χ2v) is 7.54. The largest absolute Gasteiger partial charge is 0.494 e. The van der Waals surface area contributed by atoms with Crippen LogP contribution in [0.3, 0.4) is 0 Å². The lowest BCUT2D eigenvalue weighted by atomic mass is 10.2. The summed E-state index contributed by atoms with van der Waals surface area (Å²) in [5.41, 5.74) is 1.93. The second kappa shape index (κ2) is 11.3. The Morgan fingerprint density at radius 3 is 2.81 bits per heavy atom. The molecule has 2 aromatic heterocycles. The van der Waals surface area contributed by atoms with Crippen LogP contribution >= 0.6 is 11.6 Å². The summed E-state index contributed by atoms with van der Waals surface area (Å²) in [6.07, 6.45) is 3.95. The standard InChI is InChI=1S/C23H26ClN5O3/c1-3-32-20-8-7-18(24)12-17(20)14-27-21(30)15-29-16(2)13-28-22(23(29)31)26-11-9-19-6-4-5-10-25-19/h4-8,10,12-13H,3,9,11,14-15H2,1-2H3,(H,26,28)(H,27,30). The molecule has 0 radical (unpaired) electrons. The number of amides is 1. The highest BCUT2D eigenvalue weighted by Gasteiger charge is 2.13. The molecule has 0 saturated heterocycles. The molecule has 0 aliphatic heterocycles. The van der Waals surface area contributed by atoms with Crippen LogP contribution in [0.4, 0.5) is 5.82 Å². The average Bonchev–Trinajstić information content (AvgIpc) is 2.79. The molecule has 0 aliphatic carbocycles. The molecule has 1 aromatic carbocycles. The second-order valence-electron chi connectivity index (χ2n) is 7.10. The zero-order valence-corrected chi connectivity index (χ0v) is 18.9. The molecule has 0 aliphatic rings. The molecule has 0 fully saturated rings. The number of aryl methyl sites for hydroxylation is 1. The number of pyridine rings is 1. The molecule has 0 saturated carbocycles. The summed E-state index contributed by atoms with van der Waals surface area (Å²) in [5.74, 6) is 0.560. The predicted molar refractivity (Wildman–Crippen MR) is 124 cm³/mol. The molecule has 32 heavy (non-hydrogen) atoms. The van der Waals surface area contributed by atoms with Gasteiger partial charge in [-0.15, -0.1) is 0 Å². The number of ether oxygens (including phenoxy) is 1. The Labute approximate surface area is 191 Å². The summed E-state index contributed by atoms with van der Waals surface area (Å²) in [6, 6.07) is 10.9. The van der Waals surface area contributed by atoms with Crippen molar-refractivity contribution in [2.24, 2.45) is 0 Å². The molecule has 0 atom stereocenters. The molecule has 1 amide bonds. The Morgan fingerprint density at radius 1 is 1.22 bits per heavy atom. The van der Waals surface area contributed by atoms with Crippen LogP contribution in [0.25, 0.3) is 0 Å². The number of hydrogen-bond donors (Lipinski definition) is 2. The van der Waals surface area contributed by atoms with E-state index in [9.17, 15) is 9.59 Å². The average molecular weight is 456 g/mol. The van der Waals surface area contributed by atoms with Crippen molar-refractivity contribution in [1.29, 1.82) is 0 Å². The van der Waals surface area contributed by atoms with E-state index in [0.29, 0.717) is 36.0 Å². The molecule has 3 rings (SSSR count). The van der Waals surface area contributed by atoms with Gasteiger partial charge in [0.05, 0.1) is 6.61 Å². The summed E-state index contributed by atoms with van der Waals surface area (Å²) >= 11 is 6.07. The van der Waals surface area contributed by atoms with Crippen LogP contribution < -0.4 is 20.9 Å². The number of anilines is 1. The lowest BCUT2D eigenvalue weighted by molar-refractivity contribution is -0.121. The molecule has 0 unspecified atom stereocenters. The van der Waals surface area contributed by atoms with Crippen molar-refractivity contribution in [1.82, 2.24) is 19.9 Å². The van der Waals surface area contributed by atoms with Crippen LogP contribution in [-0.2, 0) is 24.3 Å². The number of halogens is 1. The first-order chi connectivity index (χ1) is 15.5. The first kappa shape index (κ1) is 23.3. The van der Waals surface area contributed by atoms with E-state index in [1.165, 1.54) is 4.57 Å². The summed E-state index contributed by atoms with van der Waals surface area (Å²) < 4.78 is 6.98. The van der Waals surface area contributed by atoms with Crippen molar-refractivity contribution in [3.05, 3.63) is 81.1 Å². The number of rotatable bonds is 10. The number of hydrogen-bond acceptors (Lipinski definition) is 6. The van der Waals surface area contributed by atoms with Crippen molar-refractivity contribution >= 4 is 23.3 Å². The zero-order valence-electron chi connectivity index (χ0n) is 18.1. The first-order valence-electron chi connectivity index (χ1n) is 10.4. The molecular weight excluding hydrogens is 430 g/mol. The van der Waals surface area contributed by atoms with Crippen LogP contribution in [-0.4, -0.2) is 33.6 Å². The van der Waals surface area contributed by atoms with E-state index in [2.05, 4.69) is 20.6 Å². The van der Waals surface area contributed by atoms with E-state index in [4.69, 9.17) is 16.3 Å². The molecule has 2 heterocycles. The highest BCUT2D eigenvalue weighted by atomic mass is 35.5. The minimum Gasteiger partial charge on any atom is -0.494 e. The van der Waals surface area contributed by atoms with Crippen molar-refractivity contribution in [3.63, 3.8) is 0 Å². The molecule has 168 valence electrons. The van der Waals surface area contributed by atoms with Crippen molar-refractivity contribution in [2.75, 3.05) is 18.5 Å². The third kappa shape index (κ3) is 6.31. The van der Waals surface area contributed by atoms with E-state index < -0.39 is 0 Å².